The Morgan fingerprint density at radius 2 is 1.63 bits per heavy atom. The zero-order valence-corrected chi connectivity index (χ0v) is 17.7. The second kappa shape index (κ2) is 11.2. The largest absolute Gasteiger partial charge is 0.495 e. The molecule has 1 heterocycles. The van der Waals surface area contributed by atoms with E-state index in [0.29, 0.717) is 18.0 Å². The van der Waals surface area contributed by atoms with Crippen LogP contribution in [-0.2, 0) is 16.0 Å². The number of benzene rings is 2. The summed E-state index contributed by atoms with van der Waals surface area (Å²) in [6.45, 7) is 2.73. The molecular weight excluding hydrogens is 378 g/mol. The van der Waals surface area contributed by atoms with Gasteiger partial charge < -0.3 is 20.3 Å². The third kappa shape index (κ3) is 6.24. The van der Waals surface area contributed by atoms with Crippen molar-refractivity contribution < 1.29 is 14.3 Å². The number of hydrogen-bond donors (Lipinski definition) is 2. The average molecular weight is 410 g/mol. The molecule has 1 aliphatic rings. The number of methoxy groups -OCH3 is 1. The third-order valence-electron chi connectivity index (χ3n) is 5.40. The van der Waals surface area contributed by atoms with Gasteiger partial charge in [-0.25, -0.2) is 0 Å². The zero-order chi connectivity index (χ0) is 21.2. The Labute approximate surface area is 178 Å². The lowest BCUT2D eigenvalue weighted by Gasteiger charge is -2.22. The van der Waals surface area contributed by atoms with Gasteiger partial charge in [-0.1, -0.05) is 37.1 Å². The number of para-hydroxylation sites is 2. The van der Waals surface area contributed by atoms with E-state index in [1.165, 1.54) is 44.0 Å². The predicted molar refractivity (Wildman–Crippen MR) is 120 cm³/mol. The Hall–Kier alpha value is -3.02. The van der Waals surface area contributed by atoms with Gasteiger partial charge in [0.05, 0.1) is 12.8 Å². The molecule has 30 heavy (non-hydrogen) atoms. The van der Waals surface area contributed by atoms with Crippen molar-refractivity contribution in [1.29, 1.82) is 0 Å². The molecule has 0 saturated carbocycles. The molecule has 160 valence electrons. The number of ether oxygens (including phenoxy) is 1. The third-order valence-corrected chi connectivity index (χ3v) is 5.40. The van der Waals surface area contributed by atoms with Gasteiger partial charge >= 0.3 is 11.8 Å². The van der Waals surface area contributed by atoms with Gasteiger partial charge in [0, 0.05) is 25.3 Å². The van der Waals surface area contributed by atoms with E-state index in [4.69, 9.17) is 4.74 Å². The molecule has 3 rings (SSSR count). The molecule has 0 unspecified atom stereocenters. The van der Waals surface area contributed by atoms with Crippen LogP contribution in [0.3, 0.4) is 0 Å². The second-order valence-corrected chi connectivity index (χ2v) is 7.58. The Bertz CT molecular complexity index is 828. The fourth-order valence-corrected chi connectivity index (χ4v) is 3.70. The van der Waals surface area contributed by atoms with E-state index in [1.54, 1.807) is 24.3 Å². The van der Waals surface area contributed by atoms with Crippen LogP contribution >= 0.6 is 0 Å². The molecule has 0 spiro atoms. The fraction of sp³-hybridized carbons (Fsp3) is 0.417. The van der Waals surface area contributed by atoms with Crippen molar-refractivity contribution in [1.82, 2.24) is 5.32 Å². The van der Waals surface area contributed by atoms with Gasteiger partial charge in [0.1, 0.15) is 5.75 Å². The van der Waals surface area contributed by atoms with Crippen LogP contribution in [0.4, 0.5) is 11.4 Å². The van der Waals surface area contributed by atoms with E-state index in [0.717, 1.165) is 25.9 Å². The van der Waals surface area contributed by atoms with Crippen molar-refractivity contribution in [3.63, 3.8) is 0 Å². The lowest BCUT2D eigenvalue weighted by molar-refractivity contribution is -0.136. The van der Waals surface area contributed by atoms with Crippen LogP contribution in [0.15, 0.2) is 48.5 Å². The first-order chi connectivity index (χ1) is 14.7. The highest BCUT2D eigenvalue weighted by molar-refractivity contribution is 6.39. The Morgan fingerprint density at radius 3 is 2.33 bits per heavy atom. The Balaban J connectivity index is 1.39. The topological polar surface area (TPSA) is 70.7 Å². The number of nitrogens with zero attached hydrogens (tertiary/aromatic N) is 1. The zero-order valence-electron chi connectivity index (χ0n) is 17.7. The van der Waals surface area contributed by atoms with Gasteiger partial charge in [-0.2, -0.15) is 0 Å². The number of carbonyl (C=O) groups is 2. The molecule has 1 aliphatic heterocycles. The molecule has 6 nitrogen and oxygen atoms in total. The maximum Gasteiger partial charge on any atom is 0.313 e. The molecule has 2 aromatic rings. The van der Waals surface area contributed by atoms with Crippen molar-refractivity contribution in [2.45, 2.75) is 38.5 Å². The number of hydrogen-bond acceptors (Lipinski definition) is 4. The van der Waals surface area contributed by atoms with Crippen LogP contribution in [0.25, 0.3) is 0 Å². The summed E-state index contributed by atoms with van der Waals surface area (Å²) >= 11 is 0. The van der Waals surface area contributed by atoms with Gasteiger partial charge in [0.2, 0.25) is 0 Å². The summed E-state index contributed by atoms with van der Waals surface area (Å²) in [6, 6.07) is 15.7. The first-order valence-corrected chi connectivity index (χ1v) is 10.7. The van der Waals surface area contributed by atoms with Crippen molar-refractivity contribution in [3.05, 3.63) is 54.1 Å². The molecule has 0 aliphatic carbocycles. The molecule has 0 radical (unpaired) electrons. The van der Waals surface area contributed by atoms with E-state index < -0.39 is 11.8 Å². The molecule has 0 aromatic heterocycles. The van der Waals surface area contributed by atoms with Crippen molar-refractivity contribution in [2.24, 2.45) is 0 Å². The standard InChI is InChI=1S/C24H31N3O3/c1-30-22-11-5-4-10-21(22)26-24(29)23(28)25-16-8-9-19-12-14-20(15-13-19)27-17-6-2-3-7-18-27/h4-5,10-15H,2-3,6-9,16-18H2,1H3,(H,25,28)(H,26,29). The summed E-state index contributed by atoms with van der Waals surface area (Å²) < 4.78 is 5.18. The lowest BCUT2D eigenvalue weighted by Crippen LogP contribution is -2.36. The van der Waals surface area contributed by atoms with Crippen LogP contribution < -0.4 is 20.3 Å². The van der Waals surface area contributed by atoms with Crippen molar-refractivity contribution in [3.8, 4) is 5.75 Å². The highest BCUT2D eigenvalue weighted by Gasteiger charge is 2.15. The molecule has 1 saturated heterocycles. The SMILES string of the molecule is COc1ccccc1NC(=O)C(=O)NCCCc1ccc(N2CCCCCC2)cc1. The van der Waals surface area contributed by atoms with Crippen LogP contribution in [0.1, 0.15) is 37.7 Å². The number of aryl methyl sites for hydroxylation is 1. The number of nitrogens with one attached hydrogen (secondary N) is 2. The molecule has 1 fully saturated rings. The van der Waals surface area contributed by atoms with Gasteiger partial charge in [-0.05, 0) is 55.5 Å². The van der Waals surface area contributed by atoms with Crippen LogP contribution in [0, 0.1) is 0 Å². The summed E-state index contributed by atoms with van der Waals surface area (Å²) in [6.07, 6.45) is 6.83. The second-order valence-electron chi connectivity index (χ2n) is 7.58. The summed E-state index contributed by atoms with van der Waals surface area (Å²) in [7, 11) is 1.52. The minimum absolute atomic E-state index is 0.450. The number of amides is 2. The summed E-state index contributed by atoms with van der Waals surface area (Å²) in [5.74, 6) is -0.819. The number of carbonyl (C=O) groups excluding carboxylic acids is 2. The van der Waals surface area contributed by atoms with E-state index in [9.17, 15) is 9.59 Å². The molecule has 2 N–H and O–H groups in total. The predicted octanol–water partition coefficient (Wildman–Crippen LogP) is 3.76. The normalized spacial score (nSPS) is 14.0. The summed E-state index contributed by atoms with van der Waals surface area (Å²) in [5, 5.41) is 5.26. The van der Waals surface area contributed by atoms with E-state index in [-0.39, 0.29) is 0 Å². The maximum atomic E-state index is 12.1. The van der Waals surface area contributed by atoms with Crippen molar-refractivity contribution >= 4 is 23.2 Å². The minimum atomic E-state index is -0.693. The van der Waals surface area contributed by atoms with E-state index >= 15 is 0 Å². The first-order valence-electron chi connectivity index (χ1n) is 10.7. The summed E-state index contributed by atoms with van der Waals surface area (Å²) in [5.41, 5.74) is 3.01. The lowest BCUT2D eigenvalue weighted by atomic mass is 10.1. The van der Waals surface area contributed by atoms with Gasteiger partial charge in [0.15, 0.2) is 0 Å². The highest BCUT2D eigenvalue weighted by atomic mass is 16.5. The average Bonchev–Trinajstić information content (AvgIpc) is 3.07. The molecule has 2 amide bonds. The van der Waals surface area contributed by atoms with Crippen LogP contribution in [0.2, 0.25) is 0 Å². The molecule has 2 aromatic carbocycles. The smallest absolute Gasteiger partial charge is 0.313 e. The maximum absolute atomic E-state index is 12.1. The number of anilines is 2. The monoisotopic (exact) mass is 409 g/mol. The van der Waals surface area contributed by atoms with E-state index in [2.05, 4.69) is 39.8 Å². The highest BCUT2D eigenvalue weighted by Crippen LogP contribution is 2.23. The Kier molecular flexibility index (Phi) is 8.12. The van der Waals surface area contributed by atoms with Crippen molar-refractivity contribution in [2.75, 3.05) is 37.0 Å². The van der Waals surface area contributed by atoms with E-state index in [1.807, 2.05) is 0 Å². The fourth-order valence-electron chi connectivity index (χ4n) is 3.70. The van der Waals surface area contributed by atoms with Gasteiger partial charge in [-0.3, -0.25) is 9.59 Å². The minimum Gasteiger partial charge on any atom is -0.495 e. The van der Waals surface area contributed by atoms with Gasteiger partial charge in [0.25, 0.3) is 0 Å². The number of rotatable bonds is 7. The molecule has 0 bridgehead atoms. The van der Waals surface area contributed by atoms with Crippen LogP contribution in [0.5, 0.6) is 5.75 Å². The molecular formula is C24H31N3O3. The van der Waals surface area contributed by atoms with Gasteiger partial charge in [-0.15, -0.1) is 0 Å². The van der Waals surface area contributed by atoms with Crippen LogP contribution in [-0.4, -0.2) is 38.6 Å². The molecule has 6 heteroatoms. The summed E-state index contributed by atoms with van der Waals surface area (Å²) in [4.78, 5) is 26.6. The Morgan fingerprint density at radius 1 is 0.933 bits per heavy atom. The molecule has 0 atom stereocenters. The quantitative estimate of drug-likeness (QED) is 0.540. The first kappa shape index (κ1) is 21.7.